The third-order valence-corrected chi connectivity index (χ3v) is 4.53. The Bertz CT molecular complexity index is 911. The largest absolute Gasteiger partial charge is 0.507 e. The molecule has 3 heteroatoms. The fourth-order valence-electron chi connectivity index (χ4n) is 3.41. The number of hydrogen-bond donors (Lipinski definition) is 1. The van der Waals surface area contributed by atoms with Gasteiger partial charge in [0.15, 0.2) is 0 Å². The van der Waals surface area contributed by atoms with E-state index in [2.05, 4.69) is 13.8 Å². The van der Waals surface area contributed by atoms with E-state index in [9.17, 15) is 9.50 Å². The van der Waals surface area contributed by atoms with Gasteiger partial charge in [0.1, 0.15) is 17.3 Å². The molecule has 0 radical (unpaired) electrons. The van der Waals surface area contributed by atoms with Crippen LogP contribution in [0.2, 0.25) is 0 Å². The molecule has 2 nitrogen and oxygen atoms in total. The zero-order valence-electron chi connectivity index (χ0n) is 13.1. The number of benzene rings is 3. The lowest BCUT2D eigenvalue weighted by atomic mass is 9.80. The van der Waals surface area contributed by atoms with Gasteiger partial charge in [0.25, 0.3) is 0 Å². The van der Waals surface area contributed by atoms with Gasteiger partial charge in [-0.2, -0.15) is 0 Å². The minimum absolute atomic E-state index is 0.222. The van der Waals surface area contributed by atoms with Gasteiger partial charge in [-0.1, -0.05) is 50.2 Å². The van der Waals surface area contributed by atoms with Crippen LogP contribution in [0.3, 0.4) is 0 Å². The SMILES string of the molecule is CC1(C)COc2c1c(-c1ccc(F)cc1)c(O)c1ccccc21. The van der Waals surface area contributed by atoms with Crippen molar-refractivity contribution in [3.8, 4) is 22.6 Å². The molecule has 0 bridgehead atoms. The van der Waals surface area contributed by atoms with Crippen molar-refractivity contribution in [1.29, 1.82) is 0 Å². The van der Waals surface area contributed by atoms with Gasteiger partial charge in [-0.15, -0.1) is 0 Å². The highest BCUT2D eigenvalue weighted by Crippen LogP contribution is 2.52. The molecule has 0 aromatic heterocycles. The summed E-state index contributed by atoms with van der Waals surface area (Å²) in [4.78, 5) is 0. The van der Waals surface area contributed by atoms with Crippen molar-refractivity contribution in [3.63, 3.8) is 0 Å². The second kappa shape index (κ2) is 4.72. The predicted molar refractivity (Wildman–Crippen MR) is 89.5 cm³/mol. The van der Waals surface area contributed by atoms with E-state index in [1.54, 1.807) is 12.1 Å². The molecule has 0 saturated carbocycles. The van der Waals surface area contributed by atoms with E-state index < -0.39 is 0 Å². The van der Waals surface area contributed by atoms with Crippen molar-refractivity contribution < 1.29 is 14.2 Å². The van der Waals surface area contributed by atoms with Crippen molar-refractivity contribution in [2.24, 2.45) is 0 Å². The standard InChI is InChI=1S/C20H17FO2/c1-20(2)11-23-19-15-6-4-3-5-14(15)18(22)16(17(19)20)12-7-9-13(21)10-8-12/h3-10,22H,11H2,1-2H3. The summed E-state index contributed by atoms with van der Waals surface area (Å²) in [5.74, 6) is 0.758. The molecular formula is C20H17FO2. The molecule has 0 unspecified atom stereocenters. The fourth-order valence-corrected chi connectivity index (χ4v) is 3.41. The first-order valence-corrected chi connectivity index (χ1v) is 7.66. The van der Waals surface area contributed by atoms with Crippen LogP contribution in [0, 0.1) is 5.82 Å². The molecule has 1 aliphatic heterocycles. The van der Waals surface area contributed by atoms with Gasteiger partial charge in [-0.25, -0.2) is 4.39 Å². The number of fused-ring (bicyclic) bond motifs is 3. The lowest BCUT2D eigenvalue weighted by Crippen LogP contribution is -2.19. The minimum Gasteiger partial charge on any atom is -0.507 e. The van der Waals surface area contributed by atoms with Crippen molar-refractivity contribution in [2.45, 2.75) is 19.3 Å². The van der Waals surface area contributed by atoms with Crippen LogP contribution in [0.15, 0.2) is 48.5 Å². The Balaban J connectivity index is 2.15. The second-order valence-corrected chi connectivity index (χ2v) is 6.65. The van der Waals surface area contributed by atoms with E-state index in [0.29, 0.717) is 6.61 Å². The highest BCUT2D eigenvalue weighted by molar-refractivity contribution is 6.02. The predicted octanol–water partition coefficient (Wildman–Crippen LogP) is 5.02. The van der Waals surface area contributed by atoms with Crippen LogP contribution >= 0.6 is 0 Å². The molecule has 0 saturated heterocycles. The molecule has 0 atom stereocenters. The fraction of sp³-hybridized carbons (Fsp3) is 0.200. The Morgan fingerprint density at radius 2 is 1.65 bits per heavy atom. The zero-order chi connectivity index (χ0) is 16.2. The molecule has 1 N–H and O–H groups in total. The van der Waals surface area contributed by atoms with Gasteiger partial charge in [0.05, 0.1) is 6.61 Å². The summed E-state index contributed by atoms with van der Waals surface area (Å²) in [6, 6.07) is 13.9. The maximum atomic E-state index is 13.3. The summed E-state index contributed by atoms with van der Waals surface area (Å²) < 4.78 is 19.3. The highest BCUT2D eigenvalue weighted by Gasteiger charge is 2.37. The number of halogens is 1. The van der Waals surface area contributed by atoms with E-state index in [1.807, 2.05) is 24.3 Å². The van der Waals surface area contributed by atoms with Gasteiger partial charge >= 0.3 is 0 Å². The smallest absolute Gasteiger partial charge is 0.131 e. The Morgan fingerprint density at radius 1 is 1.00 bits per heavy atom. The molecule has 0 amide bonds. The first-order valence-electron chi connectivity index (χ1n) is 7.66. The van der Waals surface area contributed by atoms with E-state index in [1.165, 1.54) is 12.1 Å². The van der Waals surface area contributed by atoms with Crippen molar-refractivity contribution in [2.75, 3.05) is 6.61 Å². The van der Waals surface area contributed by atoms with Crippen molar-refractivity contribution in [1.82, 2.24) is 0 Å². The summed E-state index contributed by atoms with van der Waals surface area (Å²) in [5.41, 5.74) is 2.30. The molecule has 23 heavy (non-hydrogen) atoms. The quantitative estimate of drug-likeness (QED) is 0.684. The third kappa shape index (κ3) is 2.00. The van der Waals surface area contributed by atoms with E-state index in [4.69, 9.17) is 4.74 Å². The number of aromatic hydroxyl groups is 1. The first-order chi connectivity index (χ1) is 11.0. The third-order valence-electron chi connectivity index (χ3n) is 4.53. The van der Waals surface area contributed by atoms with Crippen LogP contribution in [0.4, 0.5) is 4.39 Å². The molecule has 1 heterocycles. The lowest BCUT2D eigenvalue weighted by Gasteiger charge is -2.21. The molecular weight excluding hydrogens is 291 g/mol. The number of rotatable bonds is 1. The molecule has 0 aliphatic carbocycles. The van der Waals surface area contributed by atoms with Crippen LogP contribution < -0.4 is 4.74 Å². The first kappa shape index (κ1) is 14.1. The van der Waals surface area contributed by atoms with Gasteiger partial charge < -0.3 is 9.84 Å². The average molecular weight is 308 g/mol. The summed E-state index contributed by atoms with van der Waals surface area (Å²) in [6.07, 6.45) is 0. The highest BCUT2D eigenvalue weighted by atomic mass is 19.1. The van der Waals surface area contributed by atoms with Gasteiger partial charge in [-0.05, 0) is 17.7 Å². The Morgan fingerprint density at radius 3 is 2.35 bits per heavy atom. The number of hydrogen-bond acceptors (Lipinski definition) is 2. The van der Waals surface area contributed by atoms with E-state index in [0.717, 1.165) is 33.2 Å². The second-order valence-electron chi connectivity index (χ2n) is 6.65. The molecule has 4 rings (SSSR count). The molecule has 116 valence electrons. The van der Waals surface area contributed by atoms with Gasteiger partial charge in [-0.3, -0.25) is 0 Å². The Labute approximate surface area is 134 Å². The van der Waals surface area contributed by atoms with Crippen LogP contribution in [-0.2, 0) is 5.41 Å². The topological polar surface area (TPSA) is 29.5 Å². The summed E-state index contributed by atoms with van der Waals surface area (Å²) in [7, 11) is 0. The number of phenolic OH excluding ortho intramolecular Hbond substituents is 1. The van der Waals surface area contributed by atoms with Crippen molar-refractivity contribution in [3.05, 3.63) is 59.9 Å². The van der Waals surface area contributed by atoms with Crippen LogP contribution in [0.25, 0.3) is 21.9 Å². The van der Waals surface area contributed by atoms with Crippen molar-refractivity contribution >= 4 is 10.8 Å². The van der Waals surface area contributed by atoms with E-state index in [-0.39, 0.29) is 17.0 Å². The Kier molecular flexibility index (Phi) is 2.89. The minimum atomic E-state index is -0.291. The van der Waals surface area contributed by atoms with Gasteiger partial charge in [0.2, 0.25) is 0 Å². The zero-order valence-corrected chi connectivity index (χ0v) is 13.1. The average Bonchev–Trinajstić information content (AvgIpc) is 2.85. The normalized spacial score (nSPS) is 15.4. The maximum Gasteiger partial charge on any atom is 0.131 e. The monoisotopic (exact) mass is 308 g/mol. The molecule has 0 spiro atoms. The van der Waals surface area contributed by atoms with Crippen LogP contribution in [-0.4, -0.2) is 11.7 Å². The number of ether oxygens (including phenoxy) is 1. The molecule has 0 fully saturated rings. The summed E-state index contributed by atoms with van der Waals surface area (Å²) >= 11 is 0. The van der Waals surface area contributed by atoms with E-state index >= 15 is 0 Å². The molecule has 1 aliphatic rings. The lowest BCUT2D eigenvalue weighted by molar-refractivity contribution is 0.293. The maximum absolute atomic E-state index is 13.3. The van der Waals surface area contributed by atoms with Gasteiger partial charge in [0, 0.05) is 27.3 Å². The number of phenols is 1. The van der Waals surface area contributed by atoms with Crippen LogP contribution in [0.1, 0.15) is 19.4 Å². The summed E-state index contributed by atoms with van der Waals surface area (Å²) in [5, 5.41) is 12.6. The van der Waals surface area contributed by atoms with Crippen LogP contribution in [0.5, 0.6) is 11.5 Å². The molecule has 3 aromatic rings. The Hall–Kier alpha value is -2.55. The summed E-state index contributed by atoms with van der Waals surface area (Å²) in [6.45, 7) is 4.75. The molecule has 3 aromatic carbocycles.